The predicted molar refractivity (Wildman–Crippen MR) is 32.7 cm³/mol. The Balaban J connectivity index is 5.28. The summed E-state index contributed by atoms with van der Waals surface area (Å²) in [6.07, 6.45) is 0. The Kier molecular flexibility index (Phi) is 3.29. The summed E-state index contributed by atoms with van der Waals surface area (Å²) in [7, 11) is 0. The molecular weight excluding hydrogens is 643 g/mol. The first kappa shape index (κ1) is 18.4. The van der Waals surface area contributed by atoms with Crippen molar-refractivity contribution in [1.82, 2.24) is 0 Å². The fourth-order valence-corrected chi connectivity index (χ4v) is 16.9. The Morgan fingerprint density at radius 2 is 0.706 bits per heavy atom. The summed E-state index contributed by atoms with van der Waals surface area (Å²) < 4.78 is 138. The molecule has 0 heterocycles. The molecule has 0 aromatic heterocycles. The van der Waals surface area contributed by atoms with Gasteiger partial charge in [-0.05, 0) is 0 Å². The van der Waals surface area contributed by atoms with Crippen LogP contribution in [0.1, 0.15) is 0 Å². The van der Waals surface area contributed by atoms with E-state index in [-0.39, 0.29) is 0 Å². The molecule has 0 aliphatic carbocycles. The van der Waals surface area contributed by atoms with Crippen LogP contribution in [0.15, 0.2) is 0 Å². The molecule has 17 heavy (non-hydrogen) atoms. The van der Waals surface area contributed by atoms with Gasteiger partial charge in [0, 0.05) is 0 Å². The normalized spacial score (nSPS) is 24.2. The molecule has 0 saturated carbocycles. The van der Waals surface area contributed by atoms with E-state index >= 15 is 0 Å². The van der Waals surface area contributed by atoms with Gasteiger partial charge in [-0.1, -0.05) is 0 Å². The molecule has 0 bridgehead atoms. The number of hydrogen-bond donors (Lipinski definition) is 0. The van der Waals surface area contributed by atoms with Gasteiger partial charge in [0.05, 0.1) is 0 Å². The van der Waals surface area contributed by atoms with E-state index in [1.165, 1.54) is 0 Å². The van der Waals surface area contributed by atoms with Crippen molar-refractivity contribution in [3.8, 4) is 0 Å². The zero-order chi connectivity index (χ0) is 14.7. The average Bonchev–Trinajstić information content (AvgIpc) is 1.29. The first-order valence-electron chi connectivity index (χ1n) is 2.52. The van der Waals surface area contributed by atoms with Crippen LogP contribution in [-0.2, 0) is 2.93 Å². The van der Waals surface area contributed by atoms with Crippen molar-refractivity contribution >= 4 is 57.5 Å². The fraction of sp³-hybridized carbons (Fsp3) is 0. The van der Waals surface area contributed by atoms with Crippen molar-refractivity contribution in [2.75, 3.05) is 0 Å². The van der Waals surface area contributed by atoms with E-state index in [9.17, 15) is 34.7 Å². The van der Waals surface area contributed by atoms with Crippen LogP contribution in [0.4, 0.5) is 34.7 Å². The molecule has 0 aliphatic rings. The van der Waals surface area contributed by atoms with Gasteiger partial charge in [-0.2, -0.15) is 0 Å². The Morgan fingerprint density at radius 1 is 0.529 bits per heavy atom. The summed E-state index contributed by atoms with van der Waals surface area (Å²) in [5.74, 6) is 0. The topological polar surface area (TPSA) is 18.5 Å². The van der Waals surface area contributed by atoms with Crippen LogP contribution in [0, 0.1) is 0 Å². The van der Waals surface area contributed by atoms with E-state index in [0.717, 1.165) is 2.93 Å². The molecule has 0 unspecified atom stereocenters. The third kappa shape index (κ3) is 13.7. The van der Waals surface area contributed by atoms with Gasteiger partial charge < -0.3 is 0 Å². The van der Waals surface area contributed by atoms with Gasteiger partial charge in [0.15, 0.2) is 0 Å². The molecule has 0 rings (SSSR count). The first-order chi connectivity index (χ1) is 6.37. The number of halogens is 12. The molecule has 0 N–H and O–H groups in total. The van der Waals surface area contributed by atoms with Crippen molar-refractivity contribution in [2.24, 2.45) is 0 Å². The van der Waals surface area contributed by atoms with Gasteiger partial charge in [-0.15, -0.1) is 0 Å². The molecule has 0 aromatic rings. The van der Waals surface area contributed by atoms with Crippen LogP contribution >= 0.6 is 0 Å². The van der Waals surface area contributed by atoms with Crippen molar-refractivity contribution in [3.05, 3.63) is 0 Å². The van der Waals surface area contributed by atoms with Crippen molar-refractivity contribution in [2.45, 2.75) is 0 Å². The van der Waals surface area contributed by atoms with E-state index in [2.05, 4.69) is 0 Å². The monoisotopic (exact) mass is 650 g/mol. The minimum atomic E-state index is -12.3. The molecule has 0 radical (unpaired) electrons. The SMILES string of the molecule is F[Te](F)(O[Te](F)(F)(F)(F)F)O[Te](F)(F)(F)(F)F. The molecule has 114 valence electrons. The summed E-state index contributed by atoms with van der Waals surface area (Å²) >= 11 is -34.0. The van der Waals surface area contributed by atoms with Gasteiger partial charge in [0.25, 0.3) is 0 Å². The molecule has 0 amide bonds. The van der Waals surface area contributed by atoms with Crippen LogP contribution in [0.3, 0.4) is 0 Å². The molecule has 0 aliphatic heterocycles. The van der Waals surface area contributed by atoms with E-state index in [1.807, 2.05) is 0 Å². The summed E-state index contributed by atoms with van der Waals surface area (Å²) in [5, 5.41) is 0. The van der Waals surface area contributed by atoms with Crippen molar-refractivity contribution < 1.29 is 37.6 Å². The van der Waals surface area contributed by atoms with Gasteiger partial charge in [0.1, 0.15) is 0 Å². The third-order valence-corrected chi connectivity index (χ3v) is 18.7. The summed E-state index contributed by atoms with van der Waals surface area (Å²) in [6.45, 7) is 0. The molecule has 0 saturated heterocycles. The van der Waals surface area contributed by atoms with E-state index in [4.69, 9.17) is 0 Å². The van der Waals surface area contributed by atoms with Gasteiger partial charge in [0.2, 0.25) is 0 Å². The molecule has 0 atom stereocenters. The van der Waals surface area contributed by atoms with E-state index in [0.29, 0.717) is 0 Å². The second-order valence-corrected chi connectivity index (χ2v) is 20.7. The quantitative estimate of drug-likeness (QED) is 0.344. The van der Waals surface area contributed by atoms with Crippen LogP contribution in [0.25, 0.3) is 0 Å². The molecule has 17 heteroatoms. The summed E-state index contributed by atoms with van der Waals surface area (Å²) in [4.78, 5) is 0. The van der Waals surface area contributed by atoms with Gasteiger partial charge in [-0.3, -0.25) is 0 Å². The summed E-state index contributed by atoms with van der Waals surface area (Å²) in [6, 6.07) is 0. The Bertz CT molecular complexity index is 289. The van der Waals surface area contributed by atoms with Crippen LogP contribution in [0.5, 0.6) is 0 Å². The average molecular weight is 643 g/mol. The Hall–Kier alpha value is 1.45. The van der Waals surface area contributed by atoms with Gasteiger partial charge in [-0.25, -0.2) is 0 Å². The zero-order valence-electron chi connectivity index (χ0n) is 6.58. The third-order valence-electron chi connectivity index (χ3n) is 0.416. The molecule has 2 nitrogen and oxygen atoms in total. The van der Waals surface area contributed by atoms with Crippen LogP contribution in [0.2, 0.25) is 0 Å². The van der Waals surface area contributed by atoms with Crippen LogP contribution < -0.4 is 0 Å². The molecule has 0 fully saturated rings. The first-order valence-corrected chi connectivity index (χ1v) is 16.9. The molecule has 0 spiro atoms. The second-order valence-electron chi connectivity index (χ2n) is 2.31. The fourth-order valence-electron chi connectivity index (χ4n) is 0.311. The van der Waals surface area contributed by atoms with Crippen molar-refractivity contribution in [1.29, 1.82) is 0 Å². The van der Waals surface area contributed by atoms with Gasteiger partial charge >= 0.3 is 95.2 Å². The molecule has 0 aromatic carbocycles. The second kappa shape index (κ2) is 3.03. The number of rotatable bonds is 4. The predicted octanol–water partition coefficient (Wildman–Crippen LogP) is 3.76. The Labute approximate surface area is 94.4 Å². The summed E-state index contributed by atoms with van der Waals surface area (Å²) in [5.41, 5.74) is 0. The maximum absolute atomic E-state index is 12.3. The van der Waals surface area contributed by atoms with Crippen LogP contribution in [-0.4, -0.2) is 57.5 Å². The molecular formula is F12O2Te3. The zero-order valence-corrected chi connectivity index (χ0v) is 13.6. The maximum atomic E-state index is 11.8. The Morgan fingerprint density at radius 3 is 0.824 bits per heavy atom. The number of hydrogen-bond acceptors (Lipinski definition) is 2. The van der Waals surface area contributed by atoms with E-state index < -0.39 is 57.5 Å². The van der Waals surface area contributed by atoms with E-state index in [1.54, 1.807) is 0 Å². The van der Waals surface area contributed by atoms with Crippen molar-refractivity contribution in [3.63, 3.8) is 0 Å². The minimum absolute atomic E-state index is 0.844. The standard InChI is InChI=1S/F12O2Te3/c1-15(2,13-16(3,4,5,6)7)14-17(8,9,10,11)12.